The fraction of sp³-hybridized carbons (Fsp3) is 0.350. The maximum absolute atomic E-state index is 12.8. The minimum Gasteiger partial charge on any atom is -0.492 e. The van der Waals surface area contributed by atoms with Crippen LogP contribution in [0, 0.1) is 0 Å². The van der Waals surface area contributed by atoms with E-state index in [0.717, 1.165) is 9.87 Å². The fourth-order valence-electron chi connectivity index (χ4n) is 2.53. The highest BCUT2D eigenvalue weighted by Gasteiger charge is 2.30. The molecule has 146 valence electrons. The topological polar surface area (TPSA) is 75.7 Å². The van der Waals surface area contributed by atoms with Crippen LogP contribution >= 0.6 is 0 Å². The van der Waals surface area contributed by atoms with E-state index in [9.17, 15) is 13.2 Å². The molecule has 2 aromatic carbocycles. The van der Waals surface area contributed by atoms with E-state index < -0.39 is 15.4 Å². The molecule has 0 radical (unpaired) electrons. The zero-order valence-corrected chi connectivity index (χ0v) is 17.1. The predicted octanol–water partition coefficient (Wildman–Crippen LogP) is 3.25. The first-order valence-corrected chi connectivity index (χ1v) is 10.1. The summed E-state index contributed by atoms with van der Waals surface area (Å²) in [5.74, 6) is 0.0255. The predicted molar refractivity (Wildman–Crippen MR) is 107 cm³/mol. The highest BCUT2D eigenvalue weighted by Crippen LogP contribution is 2.31. The van der Waals surface area contributed by atoms with Crippen LogP contribution in [-0.4, -0.2) is 39.3 Å². The lowest BCUT2D eigenvalue weighted by Crippen LogP contribution is -2.34. The van der Waals surface area contributed by atoms with Gasteiger partial charge in [0.05, 0.1) is 12.0 Å². The summed E-state index contributed by atoms with van der Waals surface area (Å²) in [6.07, 6.45) is 0. The summed E-state index contributed by atoms with van der Waals surface area (Å²) in [5.41, 5.74) is 0.489. The number of amides is 1. The lowest BCUT2D eigenvalue weighted by molar-refractivity contribution is -0.120. The van der Waals surface area contributed by atoms with E-state index in [4.69, 9.17) is 4.74 Å². The van der Waals surface area contributed by atoms with Crippen LogP contribution in [-0.2, 0) is 20.2 Å². The maximum Gasteiger partial charge on any atom is 0.246 e. The molecule has 0 unspecified atom stereocenters. The second-order valence-electron chi connectivity index (χ2n) is 6.83. The Kier molecular flexibility index (Phi) is 6.28. The normalized spacial score (nSPS) is 12.1. The van der Waals surface area contributed by atoms with E-state index in [0.29, 0.717) is 12.3 Å². The molecule has 7 heteroatoms. The smallest absolute Gasteiger partial charge is 0.246 e. The molecule has 0 fully saturated rings. The first kappa shape index (κ1) is 20.9. The average molecular weight is 391 g/mol. The molecule has 0 atom stereocenters. The van der Waals surface area contributed by atoms with Gasteiger partial charge in [-0.1, -0.05) is 30.3 Å². The molecule has 0 saturated heterocycles. The summed E-state index contributed by atoms with van der Waals surface area (Å²) in [6.45, 7) is 5.76. The van der Waals surface area contributed by atoms with E-state index in [-0.39, 0.29) is 16.6 Å². The zero-order chi connectivity index (χ0) is 20.2. The molecule has 0 saturated carbocycles. The Morgan fingerprint density at radius 2 is 1.74 bits per heavy atom. The van der Waals surface area contributed by atoms with Crippen LogP contribution in [0.4, 0.5) is 5.69 Å². The van der Waals surface area contributed by atoms with E-state index in [1.807, 2.05) is 44.2 Å². The van der Waals surface area contributed by atoms with Crippen LogP contribution in [0.3, 0.4) is 0 Å². The average Bonchev–Trinajstić information content (AvgIpc) is 2.63. The Morgan fingerprint density at radius 1 is 1.11 bits per heavy atom. The third kappa shape index (κ3) is 4.48. The molecule has 0 spiro atoms. The number of benzene rings is 2. The van der Waals surface area contributed by atoms with Gasteiger partial charge in [-0.3, -0.25) is 4.79 Å². The molecule has 6 nitrogen and oxygen atoms in total. The van der Waals surface area contributed by atoms with Crippen molar-refractivity contribution < 1.29 is 17.9 Å². The van der Waals surface area contributed by atoms with Crippen LogP contribution < -0.4 is 10.1 Å². The second-order valence-corrected chi connectivity index (χ2v) is 8.95. The van der Waals surface area contributed by atoms with Gasteiger partial charge >= 0.3 is 0 Å². The Hall–Kier alpha value is -2.38. The summed E-state index contributed by atoms with van der Waals surface area (Å²) in [6, 6.07) is 14.1. The molecule has 0 aliphatic carbocycles. The minimum atomic E-state index is -3.72. The van der Waals surface area contributed by atoms with Crippen molar-refractivity contribution in [2.75, 3.05) is 26.0 Å². The number of carbonyl (C=O) groups excluding carboxylic acids is 1. The minimum absolute atomic E-state index is 0.0182. The van der Waals surface area contributed by atoms with Gasteiger partial charge in [0, 0.05) is 19.8 Å². The molecule has 2 rings (SSSR count). The quantitative estimate of drug-likeness (QED) is 0.787. The number of hydrogen-bond donors (Lipinski definition) is 1. The van der Waals surface area contributed by atoms with E-state index in [1.165, 1.54) is 20.2 Å². The third-order valence-corrected chi connectivity index (χ3v) is 6.16. The number of anilines is 1. The largest absolute Gasteiger partial charge is 0.492 e. The van der Waals surface area contributed by atoms with Gasteiger partial charge in [0.25, 0.3) is 0 Å². The maximum atomic E-state index is 12.8. The lowest BCUT2D eigenvalue weighted by Gasteiger charge is -2.24. The molecule has 1 amide bonds. The summed E-state index contributed by atoms with van der Waals surface area (Å²) >= 11 is 0. The highest BCUT2D eigenvalue weighted by atomic mass is 32.2. The number of hydrogen-bond acceptors (Lipinski definition) is 4. The van der Waals surface area contributed by atoms with Gasteiger partial charge in [0.15, 0.2) is 0 Å². The van der Waals surface area contributed by atoms with Gasteiger partial charge in [-0.05, 0) is 44.5 Å². The number of rotatable bonds is 7. The zero-order valence-electron chi connectivity index (χ0n) is 16.3. The van der Waals surface area contributed by atoms with Crippen molar-refractivity contribution >= 4 is 21.6 Å². The molecular weight excluding hydrogens is 364 g/mol. The van der Waals surface area contributed by atoms with Gasteiger partial charge in [-0.15, -0.1) is 0 Å². The van der Waals surface area contributed by atoms with Crippen molar-refractivity contribution in [2.24, 2.45) is 0 Å². The summed E-state index contributed by atoms with van der Waals surface area (Å²) in [7, 11) is -0.812. The number of sulfonamides is 1. The van der Waals surface area contributed by atoms with Gasteiger partial charge in [-0.2, -0.15) is 0 Å². The molecule has 2 aromatic rings. The van der Waals surface area contributed by atoms with E-state index >= 15 is 0 Å². The number of nitrogens with zero attached hydrogens (tertiary/aromatic N) is 1. The number of carbonyl (C=O) groups is 1. The van der Waals surface area contributed by atoms with Crippen molar-refractivity contribution in [3.05, 3.63) is 54.1 Å². The first-order valence-electron chi connectivity index (χ1n) is 8.67. The van der Waals surface area contributed by atoms with Crippen molar-refractivity contribution in [1.82, 2.24) is 4.31 Å². The Labute approximate surface area is 161 Å². The SMILES string of the molecule is CCOc1ccc(NC(=O)C(C)(C)c2ccccc2)cc1S(=O)(=O)N(C)C. The monoisotopic (exact) mass is 390 g/mol. The Balaban J connectivity index is 2.38. The lowest BCUT2D eigenvalue weighted by atomic mass is 9.83. The molecular formula is C20H26N2O4S. The van der Waals surface area contributed by atoms with Crippen LogP contribution in [0.5, 0.6) is 5.75 Å². The second kappa shape index (κ2) is 8.10. The molecule has 0 heterocycles. The Bertz CT molecular complexity index is 907. The standard InChI is InChI=1S/C20H26N2O4S/c1-6-26-17-13-12-16(14-18(17)27(24,25)22(4)5)21-19(23)20(2,3)15-10-8-7-9-11-15/h7-14H,6H2,1-5H3,(H,21,23). The summed E-state index contributed by atoms with van der Waals surface area (Å²) in [5, 5.41) is 2.82. The van der Waals surface area contributed by atoms with Gasteiger partial charge < -0.3 is 10.1 Å². The van der Waals surface area contributed by atoms with Crippen LogP contribution in [0.15, 0.2) is 53.4 Å². The summed E-state index contributed by atoms with van der Waals surface area (Å²) in [4.78, 5) is 12.9. The molecule has 0 aromatic heterocycles. The number of ether oxygens (including phenoxy) is 1. The van der Waals surface area contributed by atoms with Crippen LogP contribution in [0.25, 0.3) is 0 Å². The van der Waals surface area contributed by atoms with Crippen molar-refractivity contribution in [3.63, 3.8) is 0 Å². The van der Waals surface area contributed by atoms with Gasteiger partial charge in [-0.25, -0.2) is 12.7 Å². The van der Waals surface area contributed by atoms with E-state index in [1.54, 1.807) is 19.1 Å². The van der Waals surface area contributed by atoms with Gasteiger partial charge in [0.1, 0.15) is 10.6 Å². The third-order valence-electron chi connectivity index (χ3n) is 4.32. The van der Waals surface area contributed by atoms with Crippen molar-refractivity contribution in [2.45, 2.75) is 31.1 Å². The molecule has 0 aliphatic heterocycles. The molecule has 0 bridgehead atoms. The summed E-state index contributed by atoms with van der Waals surface area (Å²) < 4.78 is 31.8. The van der Waals surface area contributed by atoms with Crippen LogP contribution in [0.2, 0.25) is 0 Å². The molecule has 27 heavy (non-hydrogen) atoms. The van der Waals surface area contributed by atoms with Crippen molar-refractivity contribution in [1.29, 1.82) is 0 Å². The Morgan fingerprint density at radius 3 is 2.30 bits per heavy atom. The van der Waals surface area contributed by atoms with E-state index in [2.05, 4.69) is 5.32 Å². The van der Waals surface area contributed by atoms with Crippen molar-refractivity contribution in [3.8, 4) is 5.75 Å². The fourth-order valence-corrected chi connectivity index (χ4v) is 3.58. The molecule has 1 N–H and O–H groups in total. The highest BCUT2D eigenvalue weighted by molar-refractivity contribution is 7.89. The molecule has 0 aliphatic rings. The van der Waals surface area contributed by atoms with Gasteiger partial charge in [0.2, 0.25) is 15.9 Å². The van der Waals surface area contributed by atoms with Crippen LogP contribution in [0.1, 0.15) is 26.3 Å². The first-order chi connectivity index (χ1) is 12.6. The number of nitrogens with one attached hydrogen (secondary N) is 1.